The molecule has 2 aromatic carbocycles. The van der Waals surface area contributed by atoms with Crippen LogP contribution in [0.4, 0.5) is 0 Å². The van der Waals surface area contributed by atoms with E-state index >= 15 is 0 Å². The molecule has 1 aliphatic rings. The molecular weight excluding hydrogens is 478 g/mol. The molecule has 11 heteroatoms. The second-order valence-electron chi connectivity index (χ2n) is 7.71. The van der Waals surface area contributed by atoms with Gasteiger partial charge in [0.25, 0.3) is 0 Å². The van der Waals surface area contributed by atoms with Crippen LogP contribution in [0.5, 0.6) is 0 Å². The lowest BCUT2D eigenvalue weighted by atomic mass is 10.2. The average molecular weight is 500 g/mol. The van der Waals surface area contributed by atoms with Crippen LogP contribution in [-0.4, -0.2) is 51.5 Å². The van der Waals surface area contributed by atoms with Crippen molar-refractivity contribution in [1.82, 2.24) is 23.4 Å². The highest BCUT2D eigenvalue weighted by atomic mass is 32.2. The minimum Gasteiger partial charge on any atom is -0.354 e. The summed E-state index contributed by atoms with van der Waals surface area (Å²) in [6, 6.07) is 14.1. The van der Waals surface area contributed by atoms with Crippen LogP contribution < -0.4 is 5.32 Å². The molecule has 1 N–H and O–H groups in total. The van der Waals surface area contributed by atoms with Gasteiger partial charge in [-0.2, -0.15) is 13.1 Å². The van der Waals surface area contributed by atoms with Gasteiger partial charge in [0.2, 0.25) is 15.9 Å². The number of nitrogens with zero attached hydrogens (tertiary/aromatic N) is 4. The largest absolute Gasteiger partial charge is 0.354 e. The standard InChI is InChI=1S/C22H21N5O3S3/c28-21(23-12-11-16-14-31-22(24-16)15-6-2-1-3-7-15)18-9-5-13-27(18)33(29,30)19-10-4-8-17-20(19)26-32-25-17/h1-4,6-8,10,14,18H,5,9,11-13H2,(H,23,28)/t18-/m1/s1. The minimum absolute atomic E-state index is 0.101. The van der Waals surface area contributed by atoms with Gasteiger partial charge < -0.3 is 5.32 Å². The molecule has 0 saturated carbocycles. The van der Waals surface area contributed by atoms with Crippen molar-refractivity contribution in [2.45, 2.75) is 30.2 Å². The molecule has 4 aromatic rings. The maximum absolute atomic E-state index is 13.4. The van der Waals surface area contributed by atoms with Crippen LogP contribution in [0, 0.1) is 0 Å². The van der Waals surface area contributed by atoms with Gasteiger partial charge in [-0.05, 0) is 25.0 Å². The molecule has 1 aliphatic heterocycles. The lowest BCUT2D eigenvalue weighted by Gasteiger charge is -2.23. The molecule has 2 aromatic heterocycles. The molecule has 0 spiro atoms. The van der Waals surface area contributed by atoms with Crippen molar-refractivity contribution in [2.24, 2.45) is 0 Å². The van der Waals surface area contributed by atoms with Crippen LogP contribution in [-0.2, 0) is 21.2 Å². The molecule has 1 fully saturated rings. The van der Waals surface area contributed by atoms with Crippen LogP contribution in [0.2, 0.25) is 0 Å². The van der Waals surface area contributed by atoms with Crippen LogP contribution in [0.25, 0.3) is 21.6 Å². The van der Waals surface area contributed by atoms with Crippen molar-refractivity contribution < 1.29 is 13.2 Å². The minimum atomic E-state index is -3.87. The first-order valence-electron chi connectivity index (χ1n) is 10.5. The van der Waals surface area contributed by atoms with Crippen molar-refractivity contribution in [1.29, 1.82) is 0 Å². The molecule has 0 bridgehead atoms. The number of hydrogen-bond acceptors (Lipinski definition) is 8. The number of amides is 1. The summed E-state index contributed by atoms with van der Waals surface area (Å²) in [6.07, 6.45) is 1.71. The van der Waals surface area contributed by atoms with Gasteiger partial charge in [0.1, 0.15) is 27.0 Å². The van der Waals surface area contributed by atoms with E-state index in [9.17, 15) is 13.2 Å². The highest BCUT2D eigenvalue weighted by Gasteiger charge is 2.40. The number of hydrogen-bond donors (Lipinski definition) is 1. The molecule has 0 aliphatic carbocycles. The second-order valence-corrected chi connectivity index (χ2v) is 11.0. The van der Waals surface area contributed by atoms with Gasteiger partial charge in [0.15, 0.2) is 0 Å². The summed E-state index contributed by atoms with van der Waals surface area (Å²) in [5.74, 6) is -0.279. The molecule has 0 unspecified atom stereocenters. The molecule has 33 heavy (non-hydrogen) atoms. The average Bonchev–Trinajstić information content (AvgIpc) is 3.59. The van der Waals surface area contributed by atoms with Crippen LogP contribution >= 0.6 is 23.1 Å². The lowest BCUT2D eigenvalue weighted by Crippen LogP contribution is -2.46. The van der Waals surface area contributed by atoms with E-state index in [1.165, 1.54) is 10.4 Å². The number of aromatic nitrogens is 3. The molecular formula is C22H21N5O3S3. The van der Waals surface area contributed by atoms with Gasteiger partial charge in [-0.1, -0.05) is 36.4 Å². The third-order valence-electron chi connectivity index (χ3n) is 5.59. The SMILES string of the molecule is O=C(NCCc1csc(-c2ccccc2)n1)[C@H]1CCCN1S(=O)(=O)c1cccc2nsnc12. The fourth-order valence-electron chi connectivity index (χ4n) is 3.97. The molecule has 5 rings (SSSR count). The van der Waals surface area contributed by atoms with Crippen molar-refractivity contribution in [3.63, 3.8) is 0 Å². The molecule has 0 radical (unpaired) electrons. The number of nitrogens with one attached hydrogen (secondary N) is 1. The van der Waals surface area contributed by atoms with Gasteiger partial charge in [-0.3, -0.25) is 4.79 Å². The third kappa shape index (κ3) is 4.41. The zero-order valence-corrected chi connectivity index (χ0v) is 20.0. The van der Waals surface area contributed by atoms with Gasteiger partial charge in [-0.25, -0.2) is 13.4 Å². The first-order chi connectivity index (χ1) is 16.0. The Labute approximate surface area is 199 Å². The first kappa shape index (κ1) is 22.1. The van der Waals surface area contributed by atoms with Gasteiger partial charge >= 0.3 is 0 Å². The zero-order chi connectivity index (χ0) is 22.8. The predicted octanol–water partition coefficient (Wildman–Crippen LogP) is 3.33. The van der Waals surface area contributed by atoms with Crippen molar-refractivity contribution in [2.75, 3.05) is 13.1 Å². The van der Waals surface area contributed by atoms with E-state index in [-0.39, 0.29) is 10.8 Å². The van der Waals surface area contributed by atoms with Gasteiger partial charge in [0, 0.05) is 30.5 Å². The zero-order valence-electron chi connectivity index (χ0n) is 17.5. The molecule has 1 atom stereocenters. The molecule has 3 heterocycles. The fourth-order valence-corrected chi connectivity index (χ4v) is 7.24. The first-order valence-corrected chi connectivity index (χ1v) is 13.6. The quantitative estimate of drug-likeness (QED) is 0.418. The summed E-state index contributed by atoms with van der Waals surface area (Å²) >= 11 is 2.54. The number of carbonyl (C=O) groups is 1. The number of carbonyl (C=O) groups excluding carboxylic acids is 1. The van der Waals surface area contributed by atoms with E-state index in [2.05, 4.69) is 19.0 Å². The molecule has 8 nitrogen and oxygen atoms in total. The Balaban J connectivity index is 1.24. The highest BCUT2D eigenvalue weighted by Crippen LogP contribution is 2.30. The number of rotatable bonds is 7. The Morgan fingerprint density at radius 2 is 1.97 bits per heavy atom. The van der Waals surface area contributed by atoms with Crippen molar-refractivity contribution >= 4 is 50.0 Å². The van der Waals surface area contributed by atoms with E-state index < -0.39 is 16.1 Å². The fraction of sp³-hybridized carbons (Fsp3) is 0.273. The van der Waals surface area contributed by atoms with Crippen LogP contribution in [0.1, 0.15) is 18.5 Å². The van der Waals surface area contributed by atoms with Crippen molar-refractivity contribution in [3.05, 3.63) is 59.6 Å². The predicted molar refractivity (Wildman–Crippen MR) is 129 cm³/mol. The van der Waals surface area contributed by atoms with Crippen molar-refractivity contribution in [3.8, 4) is 10.6 Å². The van der Waals surface area contributed by atoms with Crippen LogP contribution in [0.3, 0.4) is 0 Å². The topological polar surface area (TPSA) is 105 Å². The highest BCUT2D eigenvalue weighted by molar-refractivity contribution is 7.89. The van der Waals surface area contributed by atoms with Crippen LogP contribution in [0.15, 0.2) is 58.8 Å². The summed E-state index contributed by atoms with van der Waals surface area (Å²) in [6.45, 7) is 0.702. The molecule has 1 amide bonds. The Bertz CT molecular complexity index is 1380. The van der Waals surface area contributed by atoms with E-state index in [1.54, 1.807) is 23.5 Å². The summed E-state index contributed by atoms with van der Waals surface area (Å²) < 4.78 is 36.3. The number of thiazole rings is 1. The Morgan fingerprint density at radius 1 is 1.12 bits per heavy atom. The smallest absolute Gasteiger partial charge is 0.246 e. The Kier molecular flexibility index (Phi) is 6.19. The Morgan fingerprint density at radius 3 is 2.82 bits per heavy atom. The summed E-state index contributed by atoms with van der Waals surface area (Å²) in [5, 5.41) is 5.83. The van der Waals surface area contributed by atoms with E-state index in [1.807, 2.05) is 35.7 Å². The third-order valence-corrected chi connectivity index (χ3v) is 9.02. The van der Waals surface area contributed by atoms with Gasteiger partial charge in [-0.15, -0.1) is 11.3 Å². The second kappa shape index (κ2) is 9.26. The van der Waals surface area contributed by atoms with E-state index in [0.29, 0.717) is 43.4 Å². The van der Waals surface area contributed by atoms with E-state index in [0.717, 1.165) is 28.0 Å². The van der Waals surface area contributed by atoms with E-state index in [4.69, 9.17) is 0 Å². The lowest BCUT2D eigenvalue weighted by molar-refractivity contribution is -0.124. The number of benzene rings is 2. The van der Waals surface area contributed by atoms with Gasteiger partial charge in [0.05, 0.1) is 17.4 Å². The summed E-state index contributed by atoms with van der Waals surface area (Å²) in [5.41, 5.74) is 2.86. The maximum Gasteiger partial charge on any atom is 0.246 e. The monoisotopic (exact) mass is 499 g/mol. The number of fused-ring (bicyclic) bond motifs is 1. The summed E-state index contributed by atoms with van der Waals surface area (Å²) in [4.78, 5) is 17.6. The number of sulfonamides is 1. The summed E-state index contributed by atoms with van der Waals surface area (Å²) in [7, 11) is -3.87. The molecule has 170 valence electrons. The Hall–Kier alpha value is -2.73. The maximum atomic E-state index is 13.4. The normalized spacial score (nSPS) is 16.9. The molecule has 1 saturated heterocycles.